The molecule has 0 unspecified atom stereocenters. The zero-order valence-electron chi connectivity index (χ0n) is 38.3. The highest BCUT2D eigenvalue weighted by atomic mass is 32.1. The number of thiophene rings is 1. The molecule has 0 aliphatic heterocycles. The minimum Gasteiger partial charge on any atom is -0.473 e. The Hall–Kier alpha value is -9.86. The fourth-order valence-electron chi connectivity index (χ4n) is 3.18. The third-order valence-electron chi connectivity index (χ3n) is 5.92. The number of hydrogen-bond acceptors (Lipinski definition) is 18. The summed E-state index contributed by atoms with van der Waals surface area (Å²) >= 11 is 3.31. The second-order valence-electron chi connectivity index (χ2n) is 11.0. The normalized spacial score (nSPS) is 8.00. The zero-order chi connectivity index (χ0) is 50.2. The first-order chi connectivity index (χ1) is 35.5. The van der Waals surface area contributed by atoms with Gasteiger partial charge in [-0.15, -0.1) is 11.3 Å². The fraction of sp³-hybridized carbons (Fsp3) is 0. The number of nitrogens with one attached hydrogen (secondary N) is 3. The molecular formula is C50H53N17O2S2. The lowest BCUT2D eigenvalue weighted by Crippen LogP contribution is -1.73. The van der Waals surface area contributed by atoms with Crippen molar-refractivity contribution >= 4 is 22.7 Å². The number of aromatic amines is 3. The van der Waals surface area contributed by atoms with Crippen LogP contribution in [0.5, 0.6) is 0 Å². The Kier molecular flexibility index (Phi) is 46.9. The molecule has 21 heteroatoms. The third-order valence-corrected chi connectivity index (χ3v) is 7.08. The number of hydrogen-bond donors (Lipinski definition) is 3. The van der Waals surface area contributed by atoms with Crippen LogP contribution in [0.4, 0.5) is 0 Å². The quantitative estimate of drug-likeness (QED) is 0.128. The summed E-state index contributed by atoms with van der Waals surface area (Å²) in [5.74, 6) is 0. The SMILES string of the molecule is c1c[nH]cn1.c1cc[nH]c1.c1ccccc1.c1ccncc1.c1ccnnc1.c1ccoc1.c1ccsc1.c1cn[nH]c1.c1cnccn1.c1cncnc1.c1cocn1.c1cscn1.c1ncncn1. The number of nitrogens with zero attached hydrogens (tertiary/aromatic N) is 14. The second kappa shape index (κ2) is 56.3. The van der Waals surface area contributed by atoms with Gasteiger partial charge in [-0.1, -0.05) is 54.6 Å². The number of H-pyrrole nitrogens is 3. The van der Waals surface area contributed by atoms with Gasteiger partial charge in [0.1, 0.15) is 31.6 Å². The molecule has 19 nitrogen and oxygen atoms in total. The van der Waals surface area contributed by atoms with Crippen molar-refractivity contribution in [3.05, 3.63) is 305 Å². The number of aromatic nitrogens is 17. The van der Waals surface area contributed by atoms with Gasteiger partial charge in [0.25, 0.3) is 0 Å². The Morgan fingerprint density at radius 1 is 0.296 bits per heavy atom. The summed E-state index contributed by atoms with van der Waals surface area (Å²) in [4.78, 5) is 45.8. The Bertz CT molecular complexity index is 1780. The average Bonchev–Trinajstić information content (AvgIpc) is 4.35. The molecule has 0 spiro atoms. The lowest BCUT2D eigenvalue weighted by Gasteiger charge is -1.70. The van der Waals surface area contributed by atoms with E-state index < -0.39 is 0 Å². The summed E-state index contributed by atoms with van der Waals surface area (Å²) in [7, 11) is 0. The Morgan fingerprint density at radius 2 is 0.859 bits per heavy atom. The number of pyridine rings is 1. The smallest absolute Gasteiger partial charge is 0.180 e. The van der Waals surface area contributed by atoms with Crippen LogP contribution in [0.15, 0.2) is 314 Å². The topological polar surface area (TPSA) is 254 Å². The molecule has 3 N–H and O–H groups in total. The number of oxazole rings is 1. The van der Waals surface area contributed by atoms with E-state index in [9.17, 15) is 0 Å². The van der Waals surface area contributed by atoms with Crippen molar-refractivity contribution in [3.63, 3.8) is 0 Å². The Morgan fingerprint density at radius 3 is 1.04 bits per heavy atom. The van der Waals surface area contributed by atoms with Gasteiger partial charge < -0.3 is 18.8 Å². The van der Waals surface area contributed by atoms with Gasteiger partial charge in [0.15, 0.2) is 6.39 Å². The Labute approximate surface area is 420 Å². The lowest BCUT2D eigenvalue weighted by atomic mass is 10.4. The van der Waals surface area contributed by atoms with E-state index in [4.69, 9.17) is 0 Å². The van der Waals surface area contributed by atoms with Crippen molar-refractivity contribution in [2.45, 2.75) is 0 Å². The van der Waals surface area contributed by atoms with Crippen LogP contribution in [-0.2, 0) is 0 Å². The first-order valence-electron chi connectivity index (χ1n) is 20.5. The predicted octanol–water partition coefficient (Wildman–Crippen LogP) is 10.7. The average molecular weight is 988 g/mol. The highest BCUT2D eigenvalue weighted by Crippen LogP contribution is 1.91. The van der Waals surface area contributed by atoms with E-state index in [0.717, 1.165) is 0 Å². The molecule has 0 amide bonds. The standard InChI is InChI=1S/C6H6.C5H5N.3C4H4N2.C4H5N.C4H4O.C4H4S.C3H3N3.2C3H4N2.C3H3NO.C3H3NS/c2*1-2-4-6-5-3-1;1-2-6-4-3-5-1;1-2-5-4-6-3-1;1-2-4-6-5-3-1;3*1-2-4-5-3-1;1-4-2-6-3-5-1;1-2-5-3-4-1;1-2-4-5-3-1;2*1-2-5-3-4-1/h1-6H;1-5H;3*1-4H;1-5H;2*1-4H;1-3H;2*1-3H,(H,4,5);2*1-3H. The van der Waals surface area contributed by atoms with Crippen LogP contribution < -0.4 is 0 Å². The second-order valence-corrected chi connectivity index (χ2v) is 12.6. The van der Waals surface area contributed by atoms with Crippen molar-refractivity contribution in [1.29, 1.82) is 0 Å². The summed E-state index contributed by atoms with van der Waals surface area (Å²) in [6, 6.07) is 36.6. The van der Waals surface area contributed by atoms with Crippen LogP contribution in [0.2, 0.25) is 0 Å². The molecule has 0 aliphatic rings. The maximum Gasteiger partial charge on any atom is 0.180 e. The van der Waals surface area contributed by atoms with Crippen molar-refractivity contribution in [2.75, 3.05) is 0 Å². The van der Waals surface area contributed by atoms with Gasteiger partial charge in [-0.05, 0) is 71.4 Å². The minimum absolute atomic E-state index is 1.38. The first kappa shape index (κ1) is 59.2. The highest BCUT2D eigenvalue weighted by molar-refractivity contribution is 7.07. The minimum atomic E-state index is 1.38. The maximum absolute atomic E-state index is 4.58. The van der Waals surface area contributed by atoms with E-state index in [-0.39, 0.29) is 0 Å². The van der Waals surface area contributed by atoms with Crippen LogP contribution in [0, 0.1) is 0 Å². The van der Waals surface area contributed by atoms with Gasteiger partial charge in [-0.3, -0.25) is 25.0 Å². The summed E-state index contributed by atoms with van der Waals surface area (Å²) < 4.78 is 9.06. The van der Waals surface area contributed by atoms with Crippen molar-refractivity contribution in [2.24, 2.45) is 0 Å². The van der Waals surface area contributed by atoms with Gasteiger partial charge in [0.05, 0.1) is 30.6 Å². The summed E-state index contributed by atoms with van der Waals surface area (Å²) in [5.41, 5.74) is 1.79. The van der Waals surface area contributed by atoms with E-state index in [1.54, 1.807) is 152 Å². The van der Waals surface area contributed by atoms with Crippen molar-refractivity contribution in [3.8, 4) is 0 Å². The van der Waals surface area contributed by atoms with Gasteiger partial charge in [0.2, 0.25) is 0 Å². The first-order valence-corrected chi connectivity index (χ1v) is 22.4. The van der Waals surface area contributed by atoms with Crippen molar-refractivity contribution < 1.29 is 8.83 Å². The third kappa shape index (κ3) is 54.4. The van der Waals surface area contributed by atoms with Gasteiger partial charge in [-0.25, -0.2) is 34.9 Å². The molecule has 13 rings (SSSR count). The molecule has 0 saturated heterocycles. The molecule has 1 aromatic carbocycles. The molecule has 12 aromatic heterocycles. The van der Waals surface area contributed by atoms with Crippen LogP contribution in [0.3, 0.4) is 0 Å². The van der Waals surface area contributed by atoms with Crippen LogP contribution in [0.1, 0.15) is 0 Å². The largest absolute Gasteiger partial charge is 0.473 e. The number of thiazole rings is 1. The zero-order valence-corrected chi connectivity index (χ0v) is 39.9. The Balaban J connectivity index is 0.000000385. The molecule has 0 saturated carbocycles. The molecule has 0 radical (unpaired) electrons. The van der Waals surface area contributed by atoms with Crippen molar-refractivity contribution in [1.82, 2.24) is 85.2 Å². The number of benzene rings is 1. The number of imidazole rings is 1. The van der Waals surface area contributed by atoms with Crippen LogP contribution >= 0.6 is 22.7 Å². The maximum atomic E-state index is 4.58. The molecule has 362 valence electrons. The molecule has 0 bridgehead atoms. The summed E-state index contributed by atoms with van der Waals surface area (Å²) in [6.07, 6.45) is 44.3. The highest BCUT2D eigenvalue weighted by Gasteiger charge is 1.65. The predicted molar refractivity (Wildman–Crippen MR) is 276 cm³/mol. The molecule has 0 aliphatic carbocycles. The lowest BCUT2D eigenvalue weighted by molar-refractivity contribution is 0.558. The van der Waals surface area contributed by atoms with Crippen LogP contribution in [0.25, 0.3) is 0 Å². The van der Waals surface area contributed by atoms with E-state index in [2.05, 4.69) is 94.0 Å². The van der Waals surface area contributed by atoms with Gasteiger partial charge >= 0.3 is 0 Å². The molecule has 0 fully saturated rings. The van der Waals surface area contributed by atoms with E-state index in [1.807, 2.05) is 138 Å². The molecule has 71 heavy (non-hydrogen) atoms. The number of furan rings is 1. The molecule has 13 aromatic rings. The van der Waals surface area contributed by atoms with Gasteiger partial charge in [0, 0.05) is 111 Å². The van der Waals surface area contributed by atoms with E-state index in [1.165, 1.54) is 38.0 Å². The molecule has 0 atom stereocenters. The van der Waals surface area contributed by atoms with Gasteiger partial charge in [-0.2, -0.15) is 26.6 Å². The van der Waals surface area contributed by atoms with E-state index >= 15 is 0 Å². The molecule has 12 heterocycles. The monoisotopic (exact) mass is 987 g/mol. The summed E-state index contributed by atoms with van der Waals surface area (Å²) in [5, 5.41) is 19.3. The number of rotatable bonds is 0. The van der Waals surface area contributed by atoms with Crippen LogP contribution in [-0.4, -0.2) is 85.2 Å². The fourth-order valence-corrected chi connectivity index (χ4v) is 3.98. The van der Waals surface area contributed by atoms with E-state index in [0.29, 0.717) is 0 Å². The summed E-state index contributed by atoms with van der Waals surface area (Å²) in [6.45, 7) is 0. The molecular weight excluding hydrogens is 935 g/mol.